The van der Waals surface area contributed by atoms with Gasteiger partial charge in [-0.2, -0.15) is 0 Å². The van der Waals surface area contributed by atoms with Gasteiger partial charge in [-0.1, -0.05) is 32.9 Å². The van der Waals surface area contributed by atoms with Gasteiger partial charge in [-0.3, -0.25) is 9.48 Å². The van der Waals surface area contributed by atoms with Crippen molar-refractivity contribution in [1.82, 2.24) is 20.3 Å². The van der Waals surface area contributed by atoms with Crippen LogP contribution in [0.2, 0.25) is 0 Å². The molecule has 1 unspecified atom stereocenters. The molecule has 21 heavy (non-hydrogen) atoms. The fraction of sp³-hybridized carbons (Fsp3) is 0.800. The summed E-state index contributed by atoms with van der Waals surface area (Å²) in [5.41, 5.74) is 5.75. The highest BCUT2D eigenvalue weighted by Gasteiger charge is 2.27. The number of nitrogens with zero attached hydrogens (tertiary/aromatic N) is 3. The summed E-state index contributed by atoms with van der Waals surface area (Å²) in [7, 11) is 0. The van der Waals surface area contributed by atoms with Crippen LogP contribution in [-0.2, 0) is 6.54 Å². The zero-order valence-corrected chi connectivity index (χ0v) is 13.9. The second-order valence-electron chi connectivity index (χ2n) is 6.87. The monoisotopic (exact) mass is 295 g/mol. The summed E-state index contributed by atoms with van der Waals surface area (Å²) in [6.07, 6.45) is 3.54. The minimum Gasteiger partial charge on any atom is -0.344 e. The first-order valence-electron chi connectivity index (χ1n) is 7.68. The molecule has 1 rings (SSSR count). The standard InChI is InChI=1S/C15H29N5O/c1-11(2)6-7-20-9-13(18-19-20)14(21)17-15(5,10-16)8-12(3)4/h9,11-12H,6-8,10,16H2,1-5H3,(H,17,21). The van der Waals surface area contributed by atoms with E-state index in [1.807, 2.05) is 6.92 Å². The summed E-state index contributed by atoms with van der Waals surface area (Å²) in [6.45, 7) is 11.7. The van der Waals surface area contributed by atoms with E-state index in [0.29, 0.717) is 24.1 Å². The molecule has 0 aliphatic heterocycles. The van der Waals surface area contributed by atoms with E-state index in [9.17, 15) is 4.79 Å². The van der Waals surface area contributed by atoms with E-state index in [1.165, 1.54) is 0 Å². The van der Waals surface area contributed by atoms with Gasteiger partial charge < -0.3 is 11.1 Å². The summed E-state index contributed by atoms with van der Waals surface area (Å²) in [4.78, 5) is 12.3. The summed E-state index contributed by atoms with van der Waals surface area (Å²) in [5, 5.41) is 10.9. The quantitative estimate of drug-likeness (QED) is 0.766. The third kappa shape index (κ3) is 5.83. The van der Waals surface area contributed by atoms with Gasteiger partial charge in [0, 0.05) is 13.1 Å². The van der Waals surface area contributed by atoms with Crippen LogP contribution in [0.15, 0.2) is 6.20 Å². The molecule has 120 valence electrons. The number of aromatic nitrogens is 3. The first-order chi connectivity index (χ1) is 9.75. The van der Waals surface area contributed by atoms with Gasteiger partial charge in [0.15, 0.2) is 5.69 Å². The van der Waals surface area contributed by atoms with Gasteiger partial charge in [0.1, 0.15) is 0 Å². The van der Waals surface area contributed by atoms with Crippen LogP contribution in [-0.4, -0.2) is 33.0 Å². The SMILES string of the molecule is CC(C)CCn1cc(C(=O)NC(C)(CN)CC(C)C)nn1. The van der Waals surface area contributed by atoms with Crippen LogP contribution in [0, 0.1) is 11.8 Å². The number of rotatable bonds is 8. The van der Waals surface area contributed by atoms with Crippen molar-refractivity contribution in [2.45, 2.75) is 59.5 Å². The zero-order valence-electron chi connectivity index (χ0n) is 13.9. The van der Waals surface area contributed by atoms with Crippen molar-refractivity contribution in [1.29, 1.82) is 0 Å². The van der Waals surface area contributed by atoms with Crippen LogP contribution < -0.4 is 11.1 Å². The lowest BCUT2D eigenvalue weighted by Crippen LogP contribution is -2.52. The van der Waals surface area contributed by atoms with E-state index in [1.54, 1.807) is 10.9 Å². The van der Waals surface area contributed by atoms with Crippen LogP contribution in [0.25, 0.3) is 0 Å². The Balaban J connectivity index is 2.66. The van der Waals surface area contributed by atoms with Crippen molar-refractivity contribution in [3.8, 4) is 0 Å². The number of amides is 1. The molecule has 1 heterocycles. The first-order valence-corrected chi connectivity index (χ1v) is 7.68. The van der Waals surface area contributed by atoms with Gasteiger partial charge in [0.2, 0.25) is 0 Å². The number of hydrogen-bond donors (Lipinski definition) is 2. The molecule has 0 spiro atoms. The van der Waals surface area contributed by atoms with Crippen molar-refractivity contribution >= 4 is 5.91 Å². The summed E-state index contributed by atoms with van der Waals surface area (Å²) < 4.78 is 1.72. The van der Waals surface area contributed by atoms with Crippen LogP contribution in [0.5, 0.6) is 0 Å². The predicted molar refractivity (Wildman–Crippen MR) is 83.9 cm³/mol. The van der Waals surface area contributed by atoms with Gasteiger partial charge in [0.25, 0.3) is 5.91 Å². The highest BCUT2D eigenvalue weighted by molar-refractivity contribution is 5.92. The molecule has 0 fully saturated rings. The van der Waals surface area contributed by atoms with Crippen molar-refractivity contribution in [2.24, 2.45) is 17.6 Å². The maximum Gasteiger partial charge on any atom is 0.273 e. The molecule has 1 amide bonds. The lowest BCUT2D eigenvalue weighted by atomic mass is 9.90. The maximum atomic E-state index is 12.3. The highest BCUT2D eigenvalue weighted by atomic mass is 16.2. The summed E-state index contributed by atoms with van der Waals surface area (Å²) in [6, 6.07) is 0. The van der Waals surface area contributed by atoms with E-state index >= 15 is 0 Å². The van der Waals surface area contributed by atoms with Crippen LogP contribution >= 0.6 is 0 Å². The second kappa shape index (κ2) is 7.54. The Kier molecular flexibility index (Phi) is 6.33. The Morgan fingerprint density at radius 1 is 1.38 bits per heavy atom. The van der Waals surface area contributed by atoms with E-state index in [4.69, 9.17) is 5.73 Å². The first kappa shape index (κ1) is 17.6. The van der Waals surface area contributed by atoms with E-state index < -0.39 is 5.54 Å². The van der Waals surface area contributed by atoms with Crippen molar-refractivity contribution < 1.29 is 4.79 Å². The number of nitrogens with two attached hydrogens (primary N) is 1. The minimum absolute atomic E-state index is 0.209. The van der Waals surface area contributed by atoms with Gasteiger partial charge in [-0.05, 0) is 31.6 Å². The third-order valence-corrected chi connectivity index (χ3v) is 3.43. The van der Waals surface area contributed by atoms with Crippen LogP contribution in [0.3, 0.4) is 0 Å². The van der Waals surface area contributed by atoms with Gasteiger partial charge in [0.05, 0.1) is 11.7 Å². The molecule has 0 bridgehead atoms. The highest BCUT2D eigenvalue weighted by Crippen LogP contribution is 2.15. The summed E-state index contributed by atoms with van der Waals surface area (Å²) in [5.74, 6) is 0.845. The fourth-order valence-corrected chi connectivity index (χ4v) is 2.33. The molecule has 0 saturated heterocycles. The van der Waals surface area contributed by atoms with Crippen molar-refractivity contribution in [2.75, 3.05) is 6.54 Å². The average molecular weight is 295 g/mol. The molecule has 0 saturated carbocycles. The summed E-state index contributed by atoms with van der Waals surface area (Å²) >= 11 is 0. The van der Waals surface area contributed by atoms with Gasteiger partial charge >= 0.3 is 0 Å². The Morgan fingerprint density at radius 3 is 2.57 bits per heavy atom. The Hall–Kier alpha value is -1.43. The Labute approximate surface area is 127 Å². The normalized spacial score (nSPS) is 14.5. The largest absolute Gasteiger partial charge is 0.344 e. The number of aryl methyl sites for hydroxylation is 1. The van der Waals surface area contributed by atoms with E-state index in [-0.39, 0.29) is 5.91 Å². The predicted octanol–water partition coefficient (Wildman–Crippen LogP) is 1.82. The van der Waals surface area contributed by atoms with Crippen LogP contribution in [0.4, 0.5) is 0 Å². The van der Waals surface area contributed by atoms with Gasteiger partial charge in [-0.25, -0.2) is 0 Å². The Bertz CT molecular complexity index is 455. The number of carbonyl (C=O) groups excluding carboxylic acids is 1. The molecule has 0 radical (unpaired) electrons. The fourth-order valence-electron chi connectivity index (χ4n) is 2.33. The molecule has 1 aromatic rings. The third-order valence-electron chi connectivity index (χ3n) is 3.43. The average Bonchev–Trinajstić information content (AvgIpc) is 2.84. The molecule has 1 atom stereocenters. The van der Waals surface area contributed by atoms with Crippen molar-refractivity contribution in [3.63, 3.8) is 0 Å². The zero-order chi connectivity index (χ0) is 16.0. The maximum absolute atomic E-state index is 12.3. The Morgan fingerprint density at radius 2 is 2.05 bits per heavy atom. The lowest BCUT2D eigenvalue weighted by molar-refractivity contribution is 0.0893. The number of carbonyl (C=O) groups is 1. The minimum atomic E-state index is -0.410. The molecule has 0 aromatic carbocycles. The molecule has 6 nitrogen and oxygen atoms in total. The molecule has 3 N–H and O–H groups in total. The van der Waals surface area contributed by atoms with Crippen LogP contribution in [0.1, 0.15) is 57.9 Å². The van der Waals surface area contributed by atoms with E-state index in [0.717, 1.165) is 19.4 Å². The smallest absolute Gasteiger partial charge is 0.273 e. The number of nitrogens with one attached hydrogen (secondary N) is 1. The number of hydrogen-bond acceptors (Lipinski definition) is 4. The van der Waals surface area contributed by atoms with Crippen molar-refractivity contribution in [3.05, 3.63) is 11.9 Å². The molecule has 0 aliphatic carbocycles. The topological polar surface area (TPSA) is 85.8 Å². The second-order valence-corrected chi connectivity index (χ2v) is 6.87. The lowest BCUT2D eigenvalue weighted by Gasteiger charge is -2.30. The molecule has 6 heteroatoms. The van der Waals surface area contributed by atoms with E-state index in [2.05, 4.69) is 43.3 Å². The molecule has 0 aliphatic rings. The molecular formula is C15H29N5O. The molecule has 1 aromatic heterocycles. The molecular weight excluding hydrogens is 266 g/mol. The van der Waals surface area contributed by atoms with Gasteiger partial charge in [-0.15, -0.1) is 5.10 Å².